The predicted molar refractivity (Wildman–Crippen MR) is 56.9 cm³/mol. The third kappa shape index (κ3) is 2.15. The second-order valence-corrected chi connectivity index (χ2v) is 4.26. The van der Waals surface area contributed by atoms with Crippen LogP contribution in [0.5, 0.6) is 0 Å². The van der Waals surface area contributed by atoms with Gasteiger partial charge in [0.15, 0.2) is 0 Å². The van der Waals surface area contributed by atoms with Crippen LogP contribution in [0.3, 0.4) is 0 Å². The molecule has 78 valence electrons. The molecule has 1 heterocycles. The first kappa shape index (κ1) is 9.71. The number of imidazole rings is 1. The molecule has 1 saturated carbocycles. The Bertz CT molecular complexity index is 248. The van der Waals surface area contributed by atoms with Gasteiger partial charge in [0.25, 0.3) is 0 Å². The van der Waals surface area contributed by atoms with Crippen molar-refractivity contribution in [3.63, 3.8) is 0 Å². The molecule has 0 spiro atoms. The van der Waals surface area contributed by atoms with Crippen molar-refractivity contribution in [2.75, 3.05) is 6.54 Å². The first-order chi connectivity index (χ1) is 6.90. The highest BCUT2D eigenvalue weighted by atomic mass is 15.0. The van der Waals surface area contributed by atoms with Gasteiger partial charge in [-0.2, -0.15) is 0 Å². The fourth-order valence-corrected chi connectivity index (χ4v) is 2.45. The average Bonchev–Trinajstić information content (AvgIpc) is 2.72. The van der Waals surface area contributed by atoms with Crippen molar-refractivity contribution in [3.05, 3.63) is 18.7 Å². The molecule has 1 aliphatic rings. The molecule has 0 radical (unpaired) electrons. The van der Waals surface area contributed by atoms with Crippen LogP contribution in [-0.2, 0) is 0 Å². The van der Waals surface area contributed by atoms with E-state index in [9.17, 15) is 0 Å². The van der Waals surface area contributed by atoms with Crippen LogP contribution in [0.2, 0.25) is 0 Å². The van der Waals surface area contributed by atoms with Crippen molar-refractivity contribution >= 4 is 0 Å². The minimum absolute atomic E-state index is 0.687. The molecule has 0 aromatic carbocycles. The van der Waals surface area contributed by atoms with Gasteiger partial charge in [0.05, 0.1) is 6.33 Å². The van der Waals surface area contributed by atoms with Gasteiger partial charge in [-0.25, -0.2) is 4.98 Å². The fourth-order valence-electron chi connectivity index (χ4n) is 2.45. The van der Waals surface area contributed by atoms with Crippen LogP contribution < -0.4 is 5.73 Å². The number of hydrogen-bond acceptors (Lipinski definition) is 2. The van der Waals surface area contributed by atoms with Gasteiger partial charge >= 0.3 is 0 Å². The second kappa shape index (κ2) is 4.60. The van der Waals surface area contributed by atoms with E-state index in [1.54, 1.807) is 0 Å². The molecule has 0 bridgehead atoms. The Morgan fingerprint density at radius 2 is 2.07 bits per heavy atom. The van der Waals surface area contributed by atoms with Crippen molar-refractivity contribution in [2.24, 2.45) is 11.7 Å². The Labute approximate surface area is 85.3 Å². The van der Waals surface area contributed by atoms with E-state index in [4.69, 9.17) is 5.73 Å². The number of hydrogen-bond donors (Lipinski definition) is 1. The summed E-state index contributed by atoms with van der Waals surface area (Å²) >= 11 is 0. The van der Waals surface area contributed by atoms with Crippen LogP contribution in [0, 0.1) is 5.92 Å². The lowest BCUT2D eigenvalue weighted by molar-refractivity contribution is 0.266. The average molecular weight is 193 g/mol. The largest absolute Gasteiger partial charge is 0.334 e. The minimum Gasteiger partial charge on any atom is -0.334 e. The summed E-state index contributed by atoms with van der Waals surface area (Å²) in [5.74, 6) is 0.875. The van der Waals surface area contributed by atoms with Crippen molar-refractivity contribution in [2.45, 2.75) is 38.1 Å². The Balaban J connectivity index is 1.84. The Morgan fingerprint density at radius 1 is 1.29 bits per heavy atom. The summed E-state index contributed by atoms with van der Waals surface area (Å²) in [6, 6.07) is 0.687. The highest BCUT2D eigenvalue weighted by Gasteiger charge is 2.21. The molecule has 1 aromatic heterocycles. The Morgan fingerprint density at radius 3 is 2.64 bits per heavy atom. The van der Waals surface area contributed by atoms with Crippen LogP contribution in [0.25, 0.3) is 0 Å². The van der Waals surface area contributed by atoms with Gasteiger partial charge in [0.2, 0.25) is 0 Å². The number of nitrogens with two attached hydrogens (primary N) is 1. The zero-order valence-corrected chi connectivity index (χ0v) is 8.60. The second-order valence-electron chi connectivity index (χ2n) is 4.26. The lowest BCUT2D eigenvalue weighted by Crippen LogP contribution is -2.19. The maximum Gasteiger partial charge on any atom is 0.0948 e. The van der Waals surface area contributed by atoms with E-state index in [0.717, 1.165) is 12.5 Å². The molecule has 3 nitrogen and oxygen atoms in total. The summed E-state index contributed by atoms with van der Waals surface area (Å²) < 4.78 is 2.25. The lowest BCUT2D eigenvalue weighted by Gasteiger charge is -2.28. The topological polar surface area (TPSA) is 43.8 Å². The van der Waals surface area contributed by atoms with Gasteiger partial charge in [0.1, 0.15) is 0 Å². The van der Waals surface area contributed by atoms with E-state index in [0.29, 0.717) is 6.04 Å². The molecule has 0 saturated heterocycles. The van der Waals surface area contributed by atoms with E-state index in [-0.39, 0.29) is 0 Å². The van der Waals surface area contributed by atoms with Gasteiger partial charge in [-0.05, 0) is 44.6 Å². The monoisotopic (exact) mass is 193 g/mol. The molecule has 0 amide bonds. The number of nitrogens with zero attached hydrogens (tertiary/aromatic N) is 2. The molecule has 0 unspecified atom stereocenters. The van der Waals surface area contributed by atoms with Gasteiger partial charge < -0.3 is 10.3 Å². The van der Waals surface area contributed by atoms with Crippen LogP contribution >= 0.6 is 0 Å². The normalized spacial score (nSPS) is 27.8. The van der Waals surface area contributed by atoms with Crippen LogP contribution in [0.1, 0.15) is 38.1 Å². The predicted octanol–water partition coefficient (Wildman–Crippen LogP) is 1.96. The van der Waals surface area contributed by atoms with Crippen molar-refractivity contribution in [3.8, 4) is 0 Å². The van der Waals surface area contributed by atoms with Crippen LogP contribution in [0.15, 0.2) is 18.7 Å². The van der Waals surface area contributed by atoms with Gasteiger partial charge in [0, 0.05) is 18.4 Å². The van der Waals surface area contributed by atoms with Crippen molar-refractivity contribution in [1.29, 1.82) is 0 Å². The minimum atomic E-state index is 0.687. The van der Waals surface area contributed by atoms with Gasteiger partial charge in [-0.15, -0.1) is 0 Å². The summed E-state index contributed by atoms with van der Waals surface area (Å²) in [7, 11) is 0. The standard InChI is InChI=1S/C11H19N3/c12-6-5-10-1-3-11(4-2-10)14-8-7-13-9-14/h7-11H,1-6,12H2. The molecule has 0 atom stereocenters. The molecular formula is C11H19N3. The van der Waals surface area contributed by atoms with Gasteiger partial charge in [-0.3, -0.25) is 0 Å². The fraction of sp³-hybridized carbons (Fsp3) is 0.727. The lowest BCUT2D eigenvalue weighted by atomic mass is 9.84. The molecule has 1 fully saturated rings. The number of aromatic nitrogens is 2. The molecule has 3 heteroatoms. The van der Waals surface area contributed by atoms with Gasteiger partial charge in [-0.1, -0.05) is 0 Å². The first-order valence-electron chi connectivity index (χ1n) is 5.57. The molecule has 2 rings (SSSR count). The van der Waals surface area contributed by atoms with E-state index in [1.807, 2.05) is 12.5 Å². The summed E-state index contributed by atoms with van der Waals surface area (Å²) in [6.07, 6.45) is 12.3. The maximum absolute atomic E-state index is 5.57. The highest BCUT2D eigenvalue weighted by molar-refractivity contribution is 4.84. The SMILES string of the molecule is NCCC1CCC(n2ccnc2)CC1. The molecule has 1 aliphatic carbocycles. The van der Waals surface area contributed by atoms with E-state index >= 15 is 0 Å². The van der Waals surface area contributed by atoms with E-state index in [1.165, 1.54) is 32.1 Å². The zero-order chi connectivity index (χ0) is 9.80. The van der Waals surface area contributed by atoms with Crippen molar-refractivity contribution < 1.29 is 0 Å². The summed E-state index contributed by atoms with van der Waals surface area (Å²) in [6.45, 7) is 0.848. The first-order valence-corrected chi connectivity index (χ1v) is 5.57. The molecule has 0 aliphatic heterocycles. The molecule has 2 N–H and O–H groups in total. The summed E-state index contributed by atoms with van der Waals surface area (Å²) in [5, 5.41) is 0. The summed E-state index contributed by atoms with van der Waals surface area (Å²) in [5.41, 5.74) is 5.57. The summed E-state index contributed by atoms with van der Waals surface area (Å²) in [4.78, 5) is 4.10. The Hall–Kier alpha value is -0.830. The Kier molecular flexibility index (Phi) is 3.19. The molecule has 1 aromatic rings. The van der Waals surface area contributed by atoms with E-state index < -0.39 is 0 Å². The smallest absolute Gasteiger partial charge is 0.0948 e. The van der Waals surface area contributed by atoms with Crippen LogP contribution in [0.4, 0.5) is 0 Å². The number of rotatable bonds is 3. The van der Waals surface area contributed by atoms with E-state index in [2.05, 4.69) is 15.7 Å². The quantitative estimate of drug-likeness (QED) is 0.797. The zero-order valence-electron chi connectivity index (χ0n) is 8.60. The van der Waals surface area contributed by atoms with Crippen LogP contribution in [-0.4, -0.2) is 16.1 Å². The maximum atomic E-state index is 5.57. The third-order valence-electron chi connectivity index (χ3n) is 3.34. The van der Waals surface area contributed by atoms with Crippen molar-refractivity contribution in [1.82, 2.24) is 9.55 Å². The molecule has 14 heavy (non-hydrogen) atoms. The third-order valence-corrected chi connectivity index (χ3v) is 3.34. The molecular weight excluding hydrogens is 174 g/mol. The highest BCUT2D eigenvalue weighted by Crippen LogP contribution is 2.33.